The van der Waals surface area contributed by atoms with Crippen LogP contribution in [-0.4, -0.2) is 21.4 Å². The first-order valence-corrected chi connectivity index (χ1v) is 9.88. The highest BCUT2D eigenvalue weighted by Crippen LogP contribution is 2.27. The first kappa shape index (κ1) is 18.7. The SMILES string of the molecule is CCc1ccc(NC(=O)C(C)Sc2nnc(-c3ccc(Br)cc3)o2)cc1. The van der Waals surface area contributed by atoms with Gasteiger partial charge in [-0.05, 0) is 55.3 Å². The second kappa shape index (κ2) is 8.51. The number of carbonyl (C=O) groups is 1. The molecule has 7 heteroatoms. The Kier molecular flexibility index (Phi) is 6.11. The molecule has 0 aliphatic heterocycles. The summed E-state index contributed by atoms with van der Waals surface area (Å²) in [4.78, 5) is 12.4. The van der Waals surface area contributed by atoms with Gasteiger partial charge in [0, 0.05) is 15.7 Å². The van der Waals surface area contributed by atoms with E-state index in [1.807, 2.05) is 55.5 Å². The Balaban J connectivity index is 1.61. The van der Waals surface area contributed by atoms with E-state index in [2.05, 4.69) is 38.4 Å². The largest absolute Gasteiger partial charge is 0.411 e. The molecule has 26 heavy (non-hydrogen) atoms. The van der Waals surface area contributed by atoms with E-state index >= 15 is 0 Å². The van der Waals surface area contributed by atoms with Gasteiger partial charge in [-0.3, -0.25) is 4.79 Å². The van der Waals surface area contributed by atoms with Crippen LogP contribution in [0.3, 0.4) is 0 Å². The standard InChI is InChI=1S/C19H18BrN3O2S/c1-3-13-4-10-16(11-5-13)21-17(24)12(2)26-19-23-22-18(25-19)14-6-8-15(20)9-7-14/h4-12H,3H2,1-2H3,(H,21,24). The van der Waals surface area contributed by atoms with Crippen LogP contribution < -0.4 is 5.32 Å². The quantitative estimate of drug-likeness (QED) is 0.544. The molecular formula is C19H18BrN3O2S. The molecule has 1 atom stereocenters. The summed E-state index contributed by atoms with van der Waals surface area (Å²) in [5.74, 6) is 0.324. The fourth-order valence-corrected chi connectivity index (χ4v) is 3.19. The third-order valence-corrected chi connectivity index (χ3v) is 5.24. The Hall–Kier alpha value is -2.12. The molecular weight excluding hydrogens is 414 g/mol. The molecule has 0 bridgehead atoms. The van der Waals surface area contributed by atoms with E-state index < -0.39 is 0 Å². The van der Waals surface area contributed by atoms with Crippen molar-refractivity contribution in [1.29, 1.82) is 0 Å². The summed E-state index contributed by atoms with van der Waals surface area (Å²) in [7, 11) is 0. The molecule has 5 nitrogen and oxygen atoms in total. The third kappa shape index (κ3) is 4.74. The van der Waals surface area contributed by atoms with E-state index in [1.165, 1.54) is 17.3 Å². The molecule has 134 valence electrons. The summed E-state index contributed by atoms with van der Waals surface area (Å²) in [5, 5.41) is 11.0. The van der Waals surface area contributed by atoms with Gasteiger partial charge >= 0.3 is 0 Å². The number of nitrogens with zero attached hydrogens (tertiary/aromatic N) is 2. The van der Waals surface area contributed by atoms with Crippen LogP contribution in [0.1, 0.15) is 19.4 Å². The predicted molar refractivity (Wildman–Crippen MR) is 107 cm³/mol. The van der Waals surface area contributed by atoms with Crippen molar-refractivity contribution in [2.45, 2.75) is 30.7 Å². The zero-order valence-electron chi connectivity index (χ0n) is 14.4. The molecule has 1 amide bonds. The number of anilines is 1. The van der Waals surface area contributed by atoms with E-state index in [9.17, 15) is 4.79 Å². The molecule has 1 aromatic heterocycles. The molecule has 0 radical (unpaired) electrons. The monoisotopic (exact) mass is 431 g/mol. The molecule has 0 spiro atoms. The number of amides is 1. The van der Waals surface area contributed by atoms with Gasteiger partial charge in [-0.1, -0.05) is 46.7 Å². The number of aromatic nitrogens is 2. The highest BCUT2D eigenvalue weighted by atomic mass is 79.9. The second-order valence-electron chi connectivity index (χ2n) is 5.68. The lowest BCUT2D eigenvalue weighted by Crippen LogP contribution is -2.22. The Morgan fingerprint density at radius 3 is 2.50 bits per heavy atom. The van der Waals surface area contributed by atoms with Crippen LogP contribution >= 0.6 is 27.7 Å². The Morgan fingerprint density at radius 2 is 1.85 bits per heavy atom. The molecule has 0 aliphatic carbocycles. The average molecular weight is 432 g/mol. The number of thioether (sulfide) groups is 1. The minimum atomic E-state index is -0.362. The van der Waals surface area contributed by atoms with Crippen molar-refractivity contribution in [3.8, 4) is 11.5 Å². The fourth-order valence-electron chi connectivity index (χ4n) is 2.24. The van der Waals surface area contributed by atoms with E-state index in [1.54, 1.807) is 0 Å². The number of carbonyl (C=O) groups excluding carboxylic acids is 1. The summed E-state index contributed by atoms with van der Waals surface area (Å²) in [6, 6.07) is 15.4. The molecule has 3 rings (SSSR count). The lowest BCUT2D eigenvalue weighted by Gasteiger charge is -2.10. The third-order valence-electron chi connectivity index (χ3n) is 3.77. The van der Waals surface area contributed by atoms with Crippen LogP contribution in [0, 0.1) is 0 Å². The number of hydrogen-bond acceptors (Lipinski definition) is 5. The zero-order valence-corrected chi connectivity index (χ0v) is 16.8. The first-order chi connectivity index (χ1) is 12.5. The van der Waals surface area contributed by atoms with E-state index in [0.717, 1.165) is 22.1 Å². The maximum absolute atomic E-state index is 12.4. The van der Waals surface area contributed by atoms with E-state index in [-0.39, 0.29) is 11.2 Å². The normalized spacial score (nSPS) is 12.0. The van der Waals surface area contributed by atoms with E-state index in [0.29, 0.717) is 11.1 Å². The Morgan fingerprint density at radius 1 is 1.15 bits per heavy atom. The lowest BCUT2D eigenvalue weighted by atomic mass is 10.1. The van der Waals surface area contributed by atoms with Crippen LogP contribution in [0.4, 0.5) is 5.69 Å². The minimum Gasteiger partial charge on any atom is -0.411 e. The van der Waals surface area contributed by atoms with Crippen molar-refractivity contribution >= 4 is 39.3 Å². The van der Waals surface area contributed by atoms with Gasteiger partial charge in [0.05, 0.1) is 5.25 Å². The van der Waals surface area contributed by atoms with Gasteiger partial charge in [0.2, 0.25) is 11.8 Å². The minimum absolute atomic E-state index is 0.109. The zero-order chi connectivity index (χ0) is 18.5. The molecule has 0 saturated carbocycles. The number of benzene rings is 2. The highest BCUT2D eigenvalue weighted by Gasteiger charge is 2.19. The van der Waals surface area contributed by atoms with Crippen LogP contribution in [0.2, 0.25) is 0 Å². The smallest absolute Gasteiger partial charge is 0.277 e. The molecule has 3 aromatic rings. The lowest BCUT2D eigenvalue weighted by molar-refractivity contribution is -0.115. The Labute approximate surface area is 164 Å². The molecule has 0 saturated heterocycles. The van der Waals surface area contributed by atoms with Gasteiger partial charge in [0.1, 0.15) is 0 Å². The topological polar surface area (TPSA) is 68.0 Å². The van der Waals surface area contributed by atoms with Gasteiger partial charge < -0.3 is 9.73 Å². The highest BCUT2D eigenvalue weighted by molar-refractivity contribution is 9.10. The summed E-state index contributed by atoms with van der Waals surface area (Å²) < 4.78 is 6.64. The van der Waals surface area contributed by atoms with Gasteiger partial charge in [-0.15, -0.1) is 10.2 Å². The number of rotatable bonds is 6. The molecule has 0 fully saturated rings. The molecule has 1 N–H and O–H groups in total. The maximum Gasteiger partial charge on any atom is 0.277 e. The van der Waals surface area contributed by atoms with Gasteiger partial charge in [0.15, 0.2) is 0 Å². The van der Waals surface area contributed by atoms with Crippen molar-refractivity contribution in [2.24, 2.45) is 0 Å². The first-order valence-electron chi connectivity index (χ1n) is 8.21. The Bertz CT molecular complexity index is 879. The van der Waals surface area contributed by atoms with Gasteiger partial charge in [-0.25, -0.2) is 0 Å². The van der Waals surface area contributed by atoms with Crippen molar-refractivity contribution in [1.82, 2.24) is 10.2 Å². The summed E-state index contributed by atoms with van der Waals surface area (Å²) >= 11 is 4.63. The van der Waals surface area contributed by atoms with Crippen LogP contribution in [0.25, 0.3) is 11.5 Å². The predicted octanol–water partition coefficient (Wildman–Crippen LogP) is 5.18. The van der Waals surface area contributed by atoms with Crippen molar-refractivity contribution in [3.63, 3.8) is 0 Å². The summed E-state index contributed by atoms with van der Waals surface area (Å²) in [6.07, 6.45) is 0.971. The second-order valence-corrected chi connectivity index (χ2v) is 7.89. The number of halogens is 1. The fraction of sp³-hybridized carbons (Fsp3) is 0.211. The maximum atomic E-state index is 12.4. The van der Waals surface area contributed by atoms with Crippen LogP contribution in [0.15, 0.2) is 62.6 Å². The number of hydrogen-bond donors (Lipinski definition) is 1. The van der Waals surface area contributed by atoms with E-state index in [4.69, 9.17) is 4.42 Å². The summed E-state index contributed by atoms with van der Waals surface area (Å²) in [5.41, 5.74) is 2.85. The number of nitrogens with one attached hydrogen (secondary N) is 1. The summed E-state index contributed by atoms with van der Waals surface area (Å²) in [6.45, 7) is 3.91. The average Bonchev–Trinajstić information content (AvgIpc) is 3.11. The molecule has 1 unspecified atom stereocenters. The van der Waals surface area contributed by atoms with Crippen LogP contribution in [0.5, 0.6) is 0 Å². The molecule has 0 aliphatic rings. The number of aryl methyl sites for hydroxylation is 1. The van der Waals surface area contributed by atoms with Crippen molar-refractivity contribution in [3.05, 3.63) is 58.6 Å². The van der Waals surface area contributed by atoms with Crippen molar-refractivity contribution < 1.29 is 9.21 Å². The van der Waals surface area contributed by atoms with Crippen LogP contribution in [-0.2, 0) is 11.2 Å². The van der Waals surface area contributed by atoms with Gasteiger partial charge in [-0.2, -0.15) is 0 Å². The van der Waals surface area contributed by atoms with Gasteiger partial charge in [0.25, 0.3) is 5.22 Å². The molecule has 2 aromatic carbocycles. The van der Waals surface area contributed by atoms with Crippen molar-refractivity contribution in [2.75, 3.05) is 5.32 Å². The molecule has 1 heterocycles.